The number of aliphatic hydroxyl groups is 1. The minimum Gasteiger partial charge on any atom is -1.00 e. The van der Waals surface area contributed by atoms with Gasteiger partial charge >= 0.3 is 0 Å². The number of pyridine rings is 1. The smallest absolute Gasteiger partial charge is 0.128 e. The predicted molar refractivity (Wildman–Crippen MR) is 105 cm³/mol. The first-order valence-corrected chi connectivity index (χ1v) is 9.52. The molecule has 0 bridgehead atoms. The Bertz CT molecular complexity index is 650. The van der Waals surface area contributed by atoms with E-state index in [1.54, 1.807) is 0 Å². The minimum absolute atomic E-state index is 0. The number of nitrogens with zero attached hydrogens (tertiary/aromatic N) is 3. The van der Waals surface area contributed by atoms with Gasteiger partial charge < -0.3 is 39.6 Å². The van der Waals surface area contributed by atoms with Crippen molar-refractivity contribution >= 4 is 5.82 Å². The lowest BCUT2D eigenvalue weighted by atomic mass is 10.1. The summed E-state index contributed by atoms with van der Waals surface area (Å²) in [7, 11) is 0. The molecular formula is C21H29Cl2N3O2-2. The molecule has 156 valence electrons. The largest absolute Gasteiger partial charge is 1.00 e. The number of rotatable bonds is 8. The summed E-state index contributed by atoms with van der Waals surface area (Å²) in [5.41, 5.74) is 1.33. The zero-order valence-corrected chi connectivity index (χ0v) is 17.8. The first-order chi connectivity index (χ1) is 12.7. The number of hydrogen-bond acceptors (Lipinski definition) is 5. The highest BCUT2D eigenvalue weighted by Crippen LogP contribution is 2.15. The number of aliphatic hydroxyl groups excluding tert-OH is 1. The summed E-state index contributed by atoms with van der Waals surface area (Å²) in [6.45, 7) is 6.88. The summed E-state index contributed by atoms with van der Waals surface area (Å²) in [6, 6.07) is 14.2. The molecule has 0 radical (unpaired) electrons. The molecule has 0 spiro atoms. The van der Waals surface area contributed by atoms with Crippen LogP contribution in [0.2, 0.25) is 0 Å². The molecule has 1 N–H and O–H groups in total. The second-order valence-electron chi connectivity index (χ2n) is 6.83. The zero-order valence-electron chi connectivity index (χ0n) is 16.3. The molecule has 0 aliphatic carbocycles. The van der Waals surface area contributed by atoms with Crippen LogP contribution in [0.25, 0.3) is 0 Å². The van der Waals surface area contributed by atoms with Gasteiger partial charge in [-0.2, -0.15) is 0 Å². The van der Waals surface area contributed by atoms with Gasteiger partial charge in [0.25, 0.3) is 0 Å². The molecule has 1 unspecified atom stereocenters. The van der Waals surface area contributed by atoms with Crippen LogP contribution in [0.15, 0.2) is 48.7 Å². The van der Waals surface area contributed by atoms with Gasteiger partial charge in [0.2, 0.25) is 0 Å². The Morgan fingerprint density at radius 3 is 2.36 bits per heavy atom. The van der Waals surface area contributed by atoms with Gasteiger partial charge in [-0.3, -0.25) is 4.90 Å². The van der Waals surface area contributed by atoms with Gasteiger partial charge in [-0.1, -0.05) is 31.5 Å². The number of benzene rings is 1. The van der Waals surface area contributed by atoms with E-state index < -0.39 is 6.10 Å². The van der Waals surface area contributed by atoms with Gasteiger partial charge in [0.1, 0.15) is 24.3 Å². The highest BCUT2D eigenvalue weighted by molar-refractivity contribution is 5.38. The Kier molecular flexibility index (Phi) is 11.2. The lowest BCUT2D eigenvalue weighted by Crippen LogP contribution is -3.00. The van der Waals surface area contributed by atoms with E-state index in [0.29, 0.717) is 13.2 Å². The lowest BCUT2D eigenvalue weighted by Gasteiger charge is -2.36. The van der Waals surface area contributed by atoms with Crippen molar-refractivity contribution in [2.75, 3.05) is 44.2 Å². The second-order valence-corrected chi connectivity index (χ2v) is 6.83. The van der Waals surface area contributed by atoms with Crippen molar-refractivity contribution in [1.29, 1.82) is 0 Å². The van der Waals surface area contributed by atoms with E-state index in [4.69, 9.17) is 4.74 Å². The Labute approximate surface area is 180 Å². The number of ether oxygens (including phenoxy) is 1. The quantitative estimate of drug-likeness (QED) is 0.477. The SMILES string of the molecule is CCCc1ccc(OCC(O)CN2CCN(c3ccccn3)CC2)cc1.[Cl-].[Cl-]. The molecule has 7 heteroatoms. The molecule has 1 atom stereocenters. The lowest BCUT2D eigenvalue weighted by molar-refractivity contribution is -0.00100. The van der Waals surface area contributed by atoms with Gasteiger partial charge in [-0.15, -0.1) is 0 Å². The van der Waals surface area contributed by atoms with Crippen LogP contribution in [0.1, 0.15) is 18.9 Å². The molecule has 0 saturated carbocycles. The zero-order chi connectivity index (χ0) is 18.2. The predicted octanol–water partition coefficient (Wildman–Crippen LogP) is -3.40. The fourth-order valence-electron chi connectivity index (χ4n) is 3.28. The van der Waals surface area contributed by atoms with Crippen molar-refractivity contribution in [3.05, 3.63) is 54.2 Å². The van der Waals surface area contributed by atoms with Crippen LogP contribution in [-0.4, -0.2) is 60.4 Å². The number of piperazine rings is 1. The first-order valence-electron chi connectivity index (χ1n) is 9.52. The van der Waals surface area contributed by atoms with Crippen LogP contribution in [0, 0.1) is 0 Å². The molecule has 2 heterocycles. The van der Waals surface area contributed by atoms with E-state index in [2.05, 4.69) is 33.8 Å². The van der Waals surface area contributed by atoms with Gasteiger partial charge in [-0.25, -0.2) is 4.98 Å². The Balaban J connectivity index is 0.00000196. The molecule has 28 heavy (non-hydrogen) atoms. The molecular weight excluding hydrogens is 397 g/mol. The maximum Gasteiger partial charge on any atom is 0.128 e. The normalized spacial score (nSPS) is 15.3. The van der Waals surface area contributed by atoms with Gasteiger partial charge in [0, 0.05) is 38.9 Å². The Hall–Kier alpha value is -1.53. The van der Waals surface area contributed by atoms with Crippen LogP contribution in [0.3, 0.4) is 0 Å². The highest BCUT2D eigenvalue weighted by atomic mass is 35.5. The van der Waals surface area contributed by atoms with Crippen molar-refractivity contribution in [2.45, 2.75) is 25.9 Å². The molecule has 5 nitrogen and oxygen atoms in total. The third kappa shape index (κ3) is 7.47. The Morgan fingerprint density at radius 2 is 1.75 bits per heavy atom. The summed E-state index contributed by atoms with van der Waals surface area (Å²) in [6.07, 6.45) is 3.59. The van der Waals surface area contributed by atoms with Crippen LogP contribution < -0.4 is 34.5 Å². The van der Waals surface area contributed by atoms with Crippen LogP contribution >= 0.6 is 0 Å². The van der Waals surface area contributed by atoms with Gasteiger partial charge in [-0.05, 0) is 36.2 Å². The fraction of sp³-hybridized carbons (Fsp3) is 0.476. The van der Waals surface area contributed by atoms with Crippen LogP contribution in [0.4, 0.5) is 5.82 Å². The van der Waals surface area contributed by atoms with E-state index >= 15 is 0 Å². The van der Waals surface area contributed by atoms with Gasteiger partial charge in [0.05, 0.1) is 0 Å². The van der Waals surface area contributed by atoms with E-state index in [9.17, 15) is 5.11 Å². The molecule has 0 amide bonds. The summed E-state index contributed by atoms with van der Waals surface area (Å²) in [5.74, 6) is 1.85. The summed E-state index contributed by atoms with van der Waals surface area (Å²) in [4.78, 5) is 8.99. The molecule has 1 aromatic carbocycles. The second kappa shape index (κ2) is 12.8. The topological polar surface area (TPSA) is 48.8 Å². The Morgan fingerprint density at radius 1 is 1.04 bits per heavy atom. The number of β-amino-alcohol motifs (C(OH)–C–C–N with tert-alkyl or cyclic N) is 1. The van der Waals surface area contributed by atoms with Crippen molar-refractivity contribution in [2.24, 2.45) is 0 Å². The van der Waals surface area contributed by atoms with Crippen molar-refractivity contribution < 1.29 is 34.7 Å². The number of halogens is 2. The summed E-state index contributed by atoms with van der Waals surface area (Å²) >= 11 is 0. The number of aryl methyl sites for hydroxylation is 1. The number of anilines is 1. The number of aromatic nitrogens is 1. The van der Waals surface area contributed by atoms with Crippen LogP contribution in [0.5, 0.6) is 5.75 Å². The van der Waals surface area contributed by atoms with Crippen molar-refractivity contribution in [3.63, 3.8) is 0 Å². The molecule has 1 fully saturated rings. The molecule has 3 rings (SSSR count). The molecule has 1 saturated heterocycles. The van der Waals surface area contributed by atoms with Gasteiger partial charge in [0.15, 0.2) is 0 Å². The monoisotopic (exact) mass is 425 g/mol. The maximum absolute atomic E-state index is 10.3. The fourth-order valence-corrected chi connectivity index (χ4v) is 3.28. The van der Waals surface area contributed by atoms with Crippen molar-refractivity contribution in [1.82, 2.24) is 9.88 Å². The molecule has 2 aromatic rings. The summed E-state index contributed by atoms with van der Waals surface area (Å²) < 4.78 is 5.74. The third-order valence-corrected chi connectivity index (χ3v) is 4.72. The highest BCUT2D eigenvalue weighted by Gasteiger charge is 2.20. The third-order valence-electron chi connectivity index (χ3n) is 4.72. The van der Waals surface area contributed by atoms with E-state index in [1.807, 2.05) is 36.5 Å². The number of hydrogen-bond donors (Lipinski definition) is 1. The summed E-state index contributed by atoms with van der Waals surface area (Å²) in [5, 5.41) is 10.3. The van der Waals surface area contributed by atoms with E-state index in [0.717, 1.165) is 50.6 Å². The average Bonchev–Trinajstić information content (AvgIpc) is 2.69. The first kappa shape index (κ1) is 24.5. The molecule has 1 aliphatic rings. The van der Waals surface area contributed by atoms with E-state index in [1.165, 1.54) is 5.56 Å². The van der Waals surface area contributed by atoms with E-state index in [-0.39, 0.29) is 24.8 Å². The maximum atomic E-state index is 10.3. The van der Waals surface area contributed by atoms with Crippen LogP contribution in [-0.2, 0) is 6.42 Å². The average molecular weight is 426 g/mol. The minimum atomic E-state index is -0.480. The van der Waals surface area contributed by atoms with Crippen molar-refractivity contribution in [3.8, 4) is 5.75 Å². The standard InChI is InChI=1S/C21H29N3O2.2ClH/c1-2-5-18-7-9-20(10-8-18)26-17-19(25)16-23-12-14-24(15-13-23)21-6-3-4-11-22-21;;/h3-4,6-11,19,25H,2,5,12-17H2,1H3;2*1H/p-2. The molecule has 1 aliphatic heterocycles. The molecule has 1 aromatic heterocycles.